The Kier molecular flexibility index (Phi) is 6.88. The molecule has 0 aliphatic carbocycles. The van der Waals surface area contributed by atoms with E-state index in [9.17, 15) is 0 Å². The highest BCUT2D eigenvalue weighted by Gasteiger charge is 2.09. The smallest absolute Gasteiger partial charge is 0.204 e. The normalized spacial score (nSPS) is 11.3. The number of ether oxygens (including phenoxy) is 1. The van der Waals surface area contributed by atoms with Crippen LogP contribution in [-0.2, 0) is 6.61 Å². The van der Waals surface area contributed by atoms with Crippen molar-refractivity contribution in [3.8, 4) is 5.75 Å². The molecule has 0 radical (unpaired) electrons. The van der Waals surface area contributed by atoms with E-state index >= 15 is 0 Å². The molecule has 0 aliphatic heterocycles. The Hall–Kier alpha value is -1.43. The summed E-state index contributed by atoms with van der Waals surface area (Å²) in [4.78, 5) is 4.51. The first-order valence-corrected chi connectivity index (χ1v) is 11.9. The van der Waals surface area contributed by atoms with Gasteiger partial charge in [0.15, 0.2) is 0 Å². The van der Waals surface area contributed by atoms with Crippen molar-refractivity contribution in [2.45, 2.75) is 6.61 Å². The van der Waals surface area contributed by atoms with Crippen LogP contribution in [0.15, 0.2) is 65.8 Å². The molecule has 0 amide bonds. The number of fused-ring (bicyclic) bond motifs is 1. The third-order valence-corrected chi connectivity index (χ3v) is 6.78. The van der Waals surface area contributed by atoms with Crippen LogP contribution in [0.5, 0.6) is 5.75 Å². The SMILES string of the molecule is Clc1ccc(COc2c(I)cc(/C=N\Nc3nc4ccccc4s3)cc2I)cc1. The van der Waals surface area contributed by atoms with E-state index in [-0.39, 0.29) is 0 Å². The zero-order chi connectivity index (χ0) is 20.2. The Labute approximate surface area is 204 Å². The number of anilines is 1. The number of thiazole rings is 1. The van der Waals surface area contributed by atoms with Crippen molar-refractivity contribution in [2.75, 3.05) is 5.43 Å². The molecule has 29 heavy (non-hydrogen) atoms. The van der Waals surface area contributed by atoms with E-state index in [0.717, 1.165) is 44.4 Å². The van der Waals surface area contributed by atoms with Gasteiger partial charge in [-0.3, -0.25) is 5.43 Å². The number of hydrogen-bond acceptors (Lipinski definition) is 5. The van der Waals surface area contributed by atoms with Crippen LogP contribution < -0.4 is 10.2 Å². The highest BCUT2D eigenvalue weighted by molar-refractivity contribution is 14.1. The van der Waals surface area contributed by atoms with Crippen molar-refractivity contribution in [3.63, 3.8) is 0 Å². The van der Waals surface area contributed by atoms with Crippen molar-refractivity contribution in [2.24, 2.45) is 5.10 Å². The first-order chi connectivity index (χ1) is 14.1. The minimum Gasteiger partial charge on any atom is -0.487 e. The number of aromatic nitrogens is 1. The van der Waals surface area contributed by atoms with Crippen LogP contribution >= 0.6 is 68.1 Å². The van der Waals surface area contributed by atoms with Gasteiger partial charge < -0.3 is 4.74 Å². The maximum atomic E-state index is 6.03. The second-order valence-corrected chi connectivity index (χ2v) is 9.88. The van der Waals surface area contributed by atoms with Crippen LogP contribution in [0.25, 0.3) is 10.2 Å². The summed E-state index contributed by atoms with van der Waals surface area (Å²) in [5, 5.41) is 5.83. The molecule has 0 saturated carbocycles. The monoisotopic (exact) mass is 645 g/mol. The molecule has 0 aliphatic rings. The number of benzene rings is 3. The maximum Gasteiger partial charge on any atom is 0.204 e. The second kappa shape index (κ2) is 9.59. The number of para-hydroxylation sites is 1. The van der Waals surface area contributed by atoms with Gasteiger partial charge >= 0.3 is 0 Å². The van der Waals surface area contributed by atoms with Crippen LogP contribution in [0, 0.1) is 7.14 Å². The molecule has 0 atom stereocenters. The van der Waals surface area contributed by atoms with Gasteiger partial charge in [0.1, 0.15) is 12.4 Å². The Morgan fingerprint density at radius 2 is 1.79 bits per heavy atom. The van der Waals surface area contributed by atoms with Crippen LogP contribution in [0.4, 0.5) is 5.13 Å². The van der Waals surface area contributed by atoms with Gasteiger partial charge in [-0.25, -0.2) is 4.98 Å². The average Bonchev–Trinajstić information content (AvgIpc) is 3.11. The highest BCUT2D eigenvalue weighted by atomic mass is 127. The number of rotatable bonds is 6. The van der Waals surface area contributed by atoms with Gasteiger partial charge in [0.2, 0.25) is 5.13 Å². The van der Waals surface area contributed by atoms with E-state index in [2.05, 4.69) is 66.8 Å². The lowest BCUT2D eigenvalue weighted by Crippen LogP contribution is -2.00. The number of hydrazone groups is 1. The summed E-state index contributed by atoms with van der Waals surface area (Å²) in [7, 11) is 0. The van der Waals surface area contributed by atoms with Gasteiger partial charge in [0, 0.05) is 5.02 Å². The molecule has 1 aromatic heterocycles. The van der Waals surface area contributed by atoms with Crippen molar-refractivity contribution in [1.82, 2.24) is 4.98 Å². The van der Waals surface area contributed by atoms with Crippen molar-refractivity contribution >= 4 is 89.7 Å². The van der Waals surface area contributed by atoms with Crippen molar-refractivity contribution in [3.05, 3.63) is 84.0 Å². The molecular weight excluding hydrogens is 632 g/mol. The average molecular weight is 646 g/mol. The first kappa shape index (κ1) is 20.8. The summed E-state index contributed by atoms with van der Waals surface area (Å²) in [6.07, 6.45) is 1.79. The molecule has 4 aromatic rings. The number of nitrogens with zero attached hydrogens (tertiary/aromatic N) is 2. The molecular formula is C21H14ClI2N3OS. The summed E-state index contributed by atoms with van der Waals surface area (Å²) < 4.78 is 9.23. The minimum absolute atomic E-state index is 0.496. The molecule has 8 heteroatoms. The van der Waals surface area contributed by atoms with Gasteiger partial charge in [-0.2, -0.15) is 5.10 Å². The van der Waals surface area contributed by atoms with Crippen molar-refractivity contribution < 1.29 is 4.74 Å². The van der Waals surface area contributed by atoms with Gasteiger partial charge in [-0.05, 0) is 92.7 Å². The molecule has 1 N–H and O–H groups in total. The number of hydrogen-bond donors (Lipinski definition) is 1. The lowest BCUT2D eigenvalue weighted by atomic mass is 10.2. The van der Waals surface area contributed by atoms with Gasteiger partial charge in [0.05, 0.1) is 23.6 Å². The van der Waals surface area contributed by atoms with Crippen LogP contribution in [-0.4, -0.2) is 11.2 Å². The molecule has 146 valence electrons. The van der Waals surface area contributed by atoms with Gasteiger partial charge in [0.25, 0.3) is 0 Å². The Bertz CT molecular complexity index is 1120. The zero-order valence-electron chi connectivity index (χ0n) is 14.9. The van der Waals surface area contributed by atoms with Gasteiger partial charge in [-0.15, -0.1) is 0 Å². The zero-order valence-corrected chi connectivity index (χ0v) is 20.8. The van der Waals surface area contributed by atoms with E-state index in [1.54, 1.807) is 17.6 Å². The highest BCUT2D eigenvalue weighted by Crippen LogP contribution is 2.30. The standard InChI is InChI=1S/C21H14ClI2N3OS/c22-15-7-5-13(6-8-15)12-28-20-16(23)9-14(10-17(20)24)11-25-27-21-26-18-3-1-2-4-19(18)29-21/h1-11H,12H2,(H,26,27)/b25-11-. The predicted octanol–water partition coefficient (Wildman–Crippen LogP) is 7.18. The summed E-state index contributed by atoms with van der Waals surface area (Å²) in [6, 6.07) is 19.8. The third-order valence-electron chi connectivity index (χ3n) is 3.98. The Balaban J connectivity index is 1.43. The molecule has 0 bridgehead atoms. The summed E-state index contributed by atoms with van der Waals surface area (Å²) in [5.74, 6) is 0.873. The molecule has 3 aromatic carbocycles. The van der Waals surface area contributed by atoms with Crippen LogP contribution in [0.1, 0.15) is 11.1 Å². The second-order valence-electron chi connectivity index (χ2n) is 6.09. The molecule has 0 saturated heterocycles. The molecule has 4 rings (SSSR count). The maximum absolute atomic E-state index is 6.03. The molecule has 1 heterocycles. The summed E-state index contributed by atoms with van der Waals surface area (Å²) in [6.45, 7) is 0.496. The van der Waals surface area contributed by atoms with E-state index in [4.69, 9.17) is 16.3 Å². The quantitative estimate of drug-likeness (QED) is 0.137. The molecule has 4 nitrogen and oxygen atoms in total. The molecule has 0 spiro atoms. The number of nitrogens with one attached hydrogen (secondary N) is 1. The van der Waals surface area contributed by atoms with E-state index in [1.165, 1.54) is 0 Å². The summed E-state index contributed by atoms with van der Waals surface area (Å²) in [5.41, 5.74) is 6.06. The fourth-order valence-electron chi connectivity index (χ4n) is 2.61. The third kappa shape index (κ3) is 5.39. The fourth-order valence-corrected chi connectivity index (χ4v) is 5.68. The lowest BCUT2D eigenvalue weighted by Gasteiger charge is -2.11. The minimum atomic E-state index is 0.496. The topological polar surface area (TPSA) is 46.5 Å². The lowest BCUT2D eigenvalue weighted by molar-refractivity contribution is 0.302. The van der Waals surface area contributed by atoms with E-state index < -0.39 is 0 Å². The van der Waals surface area contributed by atoms with Crippen molar-refractivity contribution in [1.29, 1.82) is 0 Å². The summed E-state index contributed by atoms with van der Waals surface area (Å²) >= 11 is 12.1. The largest absolute Gasteiger partial charge is 0.487 e. The first-order valence-electron chi connectivity index (χ1n) is 8.59. The molecule has 0 unspecified atom stereocenters. The van der Waals surface area contributed by atoms with Crippen LogP contribution in [0.2, 0.25) is 5.02 Å². The Morgan fingerprint density at radius 3 is 2.52 bits per heavy atom. The fraction of sp³-hybridized carbons (Fsp3) is 0.0476. The molecule has 0 fully saturated rings. The number of halogens is 3. The Morgan fingerprint density at radius 1 is 1.07 bits per heavy atom. The van der Waals surface area contributed by atoms with Crippen LogP contribution in [0.3, 0.4) is 0 Å². The predicted molar refractivity (Wildman–Crippen MR) is 138 cm³/mol. The van der Waals surface area contributed by atoms with Gasteiger partial charge in [-0.1, -0.05) is 47.2 Å². The van der Waals surface area contributed by atoms with E-state index in [1.807, 2.05) is 54.6 Å². The van der Waals surface area contributed by atoms with E-state index in [0.29, 0.717) is 6.61 Å².